The Morgan fingerprint density at radius 3 is 2.71 bits per heavy atom. The molecule has 0 aliphatic carbocycles. The van der Waals surface area contributed by atoms with Crippen molar-refractivity contribution in [3.8, 4) is 0 Å². The number of ether oxygens (including phenoxy) is 1. The second-order valence-electron chi connectivity index (χ2n) is 5.43. The summed E-state index contributed by atoms with van der Waals surface area (Å²) in [4.78, 5) is 14.2. The second kappa shape index (κ2) is 6.36. The van der Waals surface area contributed by atoms with Gasteiger partial charge in [0, 0.05) is 6.54 Å². The van der Waals surface area contributed by atoms with Crippen molar-refractivity contribution in [2.75, 3.05) is 13.2 Å². The molecule has 0 spiro atoms. The molecule has 1 heterocycles. The lowest BCUT2D eigenvalue weighted by Crippen LogP contribution is -2.56. The van der Waals surface area contributed by atoms with Gasteiger partial charge in [-0.15, -0.1) is 0 Å². The van der Waals surface area contributed by atoms with Gasteiger partial charge in [-0.05, 0) is 25.7 Å². The van der Waals surface area contributed by atoms with Gasteiger partial charge in [-0.25, -0.2) is 0 Å². The number of carbonyl (C=O) groups excluding carboxylic acids is 1. The maximum absolute atomic E-state index is 12.3. The third-order valence-corrected chi connectivity index (χ3v) is 3.26. The van der Waals surface area contributed by atoms with E-state index in [0.29, 0.717) is 19.1 Å². The zero-order chi connectivity index (χ0) is 13.0. The van der Waals surface area contributed by atoms with Crippen molar-refractivity contribution in [2.24, 2.45) is 11.7 Å². The molecule has 1 fully saturated rings. The van der Waals surface area contributed by atoms with Crippen LogP contribution in [-0.4, -0.2) is 42.1 Å². The minimum Gasteiger partial charge on any atom is -0.375 e. The molecule has 3 unspecified atom stereocenters. The maximum Gasteiger partial charge on any atom is 0.239 e. The van der Waals surface area contributed by atoms with Gasteiger partial charge in [0.25, 0.3) is 0 Å². The Bertz CT molecular complexity index is 256. The van der Waals surface area contributed by atoms with E-state index in [-0.39, 0.29) is 24.1 Å². The van der Waals surface area contributed by atoms with Gasteiger partial charge in [-0.3, -0.25) is 4.79 Å². The molecule has 0 radical (unpaired) electrons. The van der Waals surface area contributed by atoms with Crippen molar-refractivity contribution >= 4 is 5.91 Å². The summed E-state index contributed by atoms with van der Waals surface area (Å²) < 4.78 is 5.59. The maximum atomic E-state index is 12.3. The first-order valence-electron chi connectivity index (χ1n) is 6.63. The summed E-state index contributed by atoms with van der Waals surface area (Å²) >= 11 is 0. The van der Waals surface area contributed by atoms with Crippen LogP contribution in [0, 0.1) is 5.92 Å². The molecule has 1 amide bonds. The minimum absolute atomic E-state index is 0.0840. The fraction of sp³-hybridized carbons (Fsp3) is 0.923. The van der Waals surface area contributed by atoms with E-state index >= 15 is 0 Å². The Balaban J connectivity index is 2.63. The van der Waals surface area contributed by atoms with Crippen LogP contribution in [0.5, 0.6) is 0 Å². The molecule has 0 aromatic heterocycles. The van der Waals surface area contributed by atoms with Gasteiger partial charge in [0.1, 0.15) is 0 Å². The van der Waals surface area contributed by atoms with Gasteiger partial charge in [0.05, 0.1) is 24.8 Å². The smallest absolute Gasteiger partial charge is 0.239 e. The van der Waals surface area contributed by atoms with Gasteiger partial charge in [-0.2, -0.15) is 0 Å². The first-order chi connectivity index (χ1) is 7.95. The van der Waals surface area contributed by atoms with Crippen molar-refractivity contribution in [2.45, 2.75) is 58.7 Å². The van der Waals surface area contributed by atoms with Gasteiger partial charge in [0.15, 0.2) is 0 Å². The van der Waals surface area contributed by atoms with Crippen LogP contribution >= 0.6 is 0 Å². The number of rotatable bonds is 4. The summed E-state index contributed by atoms with van der Waals surface area (Å²) in [6.07, 6.45) is 1.79. The number of hydrogen-bond acceptors (Lipinski definition) is 3. The summed E-state index contributed by atoms with van der Waals surface area (Å²) in [5, 5.41) is 0. The first kappa shape index (κ1) is 14.5. The molecular weight excluding hydrogens is 216 g/mol. The van der Waals surface area contributed by atoms with Crippen molar-refractivity contribution in [1.29, 1.82) is 0 Å². The number of amides is 1. The topological polar surface area (TPSA) is 55.6 Å². The number of morpholine rings is 1. The Morgan fingerprint density at radius 1 is 1.53 bits per heavy atom. The summed E-state index contributed by atoms with van der Waals surface area (Å²) in [5.74, 6) is 0.535. The predicted molar refractivity (Wildman–Crippen MR) is 68.6 cm³/mol. The van der Waals surface area contributed by atoms with Crippen molar-refractivity contribution in [1.82, 2.24) is 4.90 Å². The molecule has 0 aromatic rings. The number of nitrogens with two attached hydrogens (primary N) is 1. The molecule has 4 nitrogen and oxygen atoms in total. The Morgan fingerprint density at radius 2 is 2.18 bits per heavy atom. The predicted octanol–water partition coefficient (Wildman–Crippen LogP) is 1.39. The number of nitrogens with zero attached hydrogens (tertiary/aromatic N) is 1. The normalized spacial score (nSPS) is 27.3. The van der Waals surface area contributed by atoms with Crippen LogP contribution in [0.4, 0.5) is 0 Å². The quantitative estimate of drug-likeness (QED) is 0.810. The van der Waals surface area contributed by atoms with Gasteiger partial charge in [-0.1, -0.05) is 20.8 Å². The molecule has 100 valence electrons. The third kappa shape index (κ3) is 3.96. The number of carbonyl (C=O) groups is 1. The highest BCUT2D eigenvalue weighted by Crippen LogP contribution is 2.17. The lowest BCUT2D eigenvalue weighted by Gasteiger charge is -2.39. The Kier molecular flexibility index (Phi) is 5.40. The summed E-state index contributed by atoms with van der Waals surface area (Å²) in [5.41, 5.74) is 5.98. The zero-order valence-corrected chi connectivity index (χ0v) is 11.5. The SMILES string of the molecule is CCC1COC(C)CN1C(=O)C(N)CC(C)C. The highest BCUT2D eigenvalue weighted by Gasteiger charge is 2.32. The largest absolute Gasteiger partial charge is 0.375 e. The van der Waals surface area contributed by atoms with Crippen molar-refractivity contribution in [3.05, 3.63) is 0 Å². The molecule has 0 saturated carbocycles. The first-order valence-corrected chi connectivity index (χ1v) is 6.63. The van der Waals surface area contributed by atoms with Gasteiger partial charge in [0.2, 0.25) is 5.91 Å². The van der Waals surface area contributed by atoms with E-state index in [9.17, 15) is 4.79 Å². The van der Waals surface area contributed by atoms with Crippen LogP contribution in [0.1, 0.15) is 40.5 Å². The Labute approximate surface area is 104 Å². The minimum atomic E-state index is -0.366. The standard InChI is InChI=1S/C13H26N2O2/c1-5-11-8-17-10(4)7-15(11)13(16)12(14)6-9(2)3/h9-12H,5-8,14H2,1-4H3. The van der Waals surface area contributed by atoms with Crippen molar-refractivity contribution in [3.63, 3.8) is 0 Å². The van der Waals surface area contributed by atoms with E-state index in [1.807, 2.05) is 11.8 Å². The summed E-state index contributed by atoms with van der Waals surface area (Å²) in [6.45, 7) is 9.57. The van der Waals surface area contributed by atoms with Crippen LogP contribution in [0.25, 0.3) is 0 Å². The third-order valence-electron chi connectivity index (χ3n) is 3.26. The van der Waals surface area contributed by atoms with E-state index in [1.165, 1.54) is 0 Å². The lowest BCUT2D eigenvalue weighted by molar-refractivity contribution is -0.146. The van der Waals surface area contributed by atoms with Crippen LogP contribution in [0.2, 0.25) is 0 Å². The molecule has 0 aromatic carbocycles. The molecule has 1 saturated heterocycles. The fourth-order valence-corrected chi connectivity index (χ4v) is 2.27. The van der Waals surface area contributed by atoms with Crippen LogP contribution in [-0.2, 0) is 9.53 Å². The van der Waals surface area contributed by atoms with E-state index in [4.69, 9.17) is 10.5 Å². The Hall–Kier alpha value is -0.610. The van der Waals surface area contributed by atoms with Gasteiger partial charge >= 0.3 is 0 Å². The molecule has 17 heavy (non-hydrogen) atoms. The number of hydrogen-bond donors (Lipinski definition) is 1. The van der Waals surface area contributed by atoms with E-state index in [0.717, 1.165) is 12.8 Å². The molecule has 1 rings (SSSR count). The van der Waals surface area contributed by atoms with Gasteiger partial charge < -0.3 is 15.4 Å². The van der Waals surface area contributed by atoms with Crippen LogP contribution < -0.4 is 5.73 Å². The van der Waals surface area contributed by atoms with Crippen LogP contribution in [0.15, 0.2) is 0 Å². The van der Waals surface area contributed by atoms with Crippen LogP contribution in [0.3, 0.4) is 0 Å². The molecule has 1 aliphatic rings. The monoisotopic (exact) mass is 242 g/mol. The summed E-state index contributed by atoms with van der Waals surface area (Å²) in [6, 6.07) is -0.175. The molecule has 2 N–H and O–H groups in total. The fourth-order valence-electron chi connectivity index (χ4n) is 2.27. The molecule has 0 bridgehead atoms. The molecule has 3 atom stereocenters. The highest BCUT2D eigenvalue weighted by atomic mass is 16.5. The lowest BCUT2D eigenvalue weighted by atomic mass is 10.0. The molecular formula is C13H26N2O2. The highest BCUT2D eigenvalue weighted by molar-refractivity contribution is 5.82. The van der Waals surface area contributed by atoms with E-state index < -0.39 is 0 Å². The van der Waals surface area contributed by atoms with E-state index in [2.05, 4.69) is 20.8 Å². The second-order valence-corrected chi connectivity index (χ2v) is 5.43. The average molecular weight is 242 g/mol. The van der Waals surface area contributed by atoms with Crippen molar-refractivity contribution < 1.29 is 9.53 Å². The molecule has 1 aliphatic heterocycles. The molecule has 4 heteroatoms. The van der Waals surface area contributed by atoms with E-state index in [1.54, 1.807) is 0 Å². The summed E-state index contributed by atoms with van der Waals surface area (Å²) in [7, 11) is 0. The average Bonchev–Trinajstić information content (AvgIpc) is 2.27. The zero-order valence-electron chi connectivity index (χ0n) is 11.5.